The summed E-state index contributed by atoms with van der Waals surface area (Å²) in [5, 5.41) is 30.7. The number of hydrogen-bond donors (Lipinski definition) is 2. The number of rotatable bonds is 7. The summed E-state index contributed by atoms with van der Waals surface area (Å²) < 4.78 is 15.4. The molecular weight excluding hydrogens is 549 g/mol. The van der Waals surface area contributed by atoms with Gasteiger partial charge < -0.3 is 20.4 Å². The van der Waals surface area contributed by atoms with Gasteiger partial charge in [0.05, 0.1) is 34.2 Å². The highest BCUT2D eigenvalue weighted by Gasteiger charge is 2.41. The van der Waals surface area contributed by atoms with Crippen LogP contribution in [0.25, 0.3) is 5.65 Å². The van der Waals surface area contributed by atoms with Crippen LogP contribution in [0.15, 0.2) is 18.3 Å². The summed E-state index contributed by atoms with van der Waals surface area (Å²) in [5.74, 6) is 0.258. The van der Waals surface area contributed by atoms with Crippen molar-refractivity contribution in [2.45, 2.75) is 44.4 Å². The van der Waals surface area contributed by atoms with Crippen molar-refractivity contribution in [3.8, 4) is 12.1 Å². The van der Waals surface area contributed by atoms with E-state index in [-0.39, 0.29) is 17.7 Å². The zero-order valence-electron chi connectivity index (χ0n) is 22.7. The number of hydrogen-bond acceptors (Lipinski definition) is 10. The quantitative estimate of drug-likeness (QED) is 0.430. The number of likely N-dealkylation sites (tertiary alicyclic amines) is 1. The second-order valence-corrected chi connectivity index (χ2v) is 11.5. The number of carbonyl (C=O) groups is 1. The van der Waals surface area contributed by atoms with Gasteiger partial charge in [-0.05, 0) is 38.8 Å². The first-order valence-corrected chi connectivity index (χ1v) is 13.9. The van der Waals surface area contributed by atoms with Gasteiger partial charge in [-0.25, -0.2) is 9.37 Å². The summed E-state index contributed by atoms with van der Waals surface area (Å²) in [6, 6.07) is 8.22. The van der Waals surface area contributed by atoms with Gasteiger partial charge in [-0.2, -0.15) is 20.0 Å². The number of piperazine rings is 1. The molecule has 3 fully saturated rings. The van der Waals surface area contributed by atoms with E-state index in [0.717, 1.165) is 31.6 Å². The van der Waals surface area contributed by atoms with Crippen LogP contribution in [0.4, 0.5) is 27.5 Å². The van der Waals surface area contributed by atoms with Crippen molar-refractivity contribution in [3.05, 3.63) is 34.6 Å². The van der Waals surface area contributed by atoms with Crippen molar-refractivity contribution in [3.63, 3.8) is 0 Å². The molecule has 3 aromatic rings. The lowest BCUT2D eigenvalue weighted by atomic mass is 10.0. The zero-order valence-corrected chi connectivity index (χ0v) is 23.5. The number of nitrogens with zero attached hydrogens (tertiary/aromatic N) is 9. The standard InChI is InChI=1S/C27H29ClFN11O/c1-27(2,29)25(41)39-14-19(15-39)37-5-7-38(8-6-37)21-10-16(11-30)9-20(22(21)28)34-26-35-23(33-17-3-4-17)24-32-13-18(12-31)40(24)36-26/h9-10,13,17,19H,3-8,14-15H2,1-2H3,(H2,33,34,35,36). The van der Waals surface area contributed by atoms with Gasteiger partial charge in [0.25, 0.3) is 5.91 Å². The summed E-state index contributed by atoms with van der Waals surface area (Å²) in [6.45, 7) is 6.47. The Balaban J connectivity index is 1.19. The summed E-state index contributed by atoms with van der Waals surface area (Å²) in [6.07, 6.45) is 3.52. The molecule has 1 saturated carbocycles. The van der Waals surface area contributed by atoms with Crippen LogP contribution in [0.2, 0.25) is 5.02 Å². The molecule has 14 heteroatoms. The highest BCUT2D eigenvalue weighted by Crippen LogP contribution is 2.37. The molecule has 1 amide bonds. The van der Waals surface area contributed by atoms with E-state index >= 15 is 0 Å². The monoisotopic (exact) mass is 577 g/mol. The summed E-state index contributed by atoms with van der Waals surface area (Å²) >= 11 is 6.90. The second-order valence-electron chi connectivity index (χ2n) is 11.1. The lowest BCUT2D eigenvalue weighted by Gasteiger charge is -2.49. The molecule has 2 N–H and O–H groups in total. The van der Waals surface area contributed by atoms with Crippen molar-refractivity contribution in [1.29, 1.82) is 10.5 Å². The van der Waals surface area contributed by atoms with Crippen LogP contribution in [-0.2, 0) is 4.79 Å². The minimum atomic E-state index is -1.86. The minimum absolute atomic E-state index is 0.202. The van der Waals surface area contributed by atoms with Crippen LogP contribution in [0, 0.1) is 22.7 Å². The van der Waals surface area contributed by atoms with E-state index in [2.05, 4.69) is 47.6 Å². The molecular formula is C27H29ClFN11O. The molecule has 1 aliphatic carbocycles. The highest BCUT2D eigenvalue weighted by molar-refractivity contribution is 6.36. The van der Waals surface area contributed by atoms with E-state index in [1.54, 1.807) is 17.0 Å². The molecule has 2 aromatic heterocycles. The van der Waals surface area contributed by atoms with Crippen molar-refractivity contribution in [2.75, 3.05) is 54.8 Å². The van der Waals surface area contributed by atoms with Crippen LogP contribution in [0.1, 0.15) is 37.9 Å². The molecule has 0 radical (unpaired) electrons. The molecule has 1 aromatic carbocycles. The molecule has 2 saturated heterocycles. The molecule has 0 atom stereocenters. The molecule has 4 heterocycles. The fourth-order valence-electron chi connectivity index (χ4n) is 5.20. The molecule has 0 unspecified atom stereocenters. The van der Waals surface area contributed by atoms with E-state index in [4.69, 9.17) is 11.6 Å². The molecule has 12 nitrogen and oxygen atoms in total. The molecule has 0 spiro atoms. The third-order valence-corrected chi connectivity index (χ3v) is 8.05. The van der Waals surface area contributed by atoms with Gasteiger partial charge in [0, 0.05) is 51.4 Å². The second kappa shape index (κ2) is 10.3. The Morgan fingerprint density at radius 2 is 1.88 bits per heavy atom. The average Bonchev–Trinajstić information content (AvgIpc) is 3.64. The maximum atomic E-state index is 14.0. The summed E-state index contributed by atoms with van der Waals surface area (Å²) in [5.41, 5.74) is 0.486. The van der Waals surface area contributed by atoms with Crippen LogP contribution in [0.3, 0.4) is 0 Å². The first kappa shape index (κ1) is 27.0. The van der Waals surface area contributed by atoms with Gasteiger partial charge in [-0.1, -0.05) is 11.6 Å². The fraction of sp³-hybridized carbons (Fsp3) is 0.481. The third kappa shape index (κ3) is 5.31. The van der Waals surface area contributed by atoms with E-state index in [1.807, 2.05) is 0 Å². The highest BCUT2D eigenvalue weighted by atomic mass is 35.5. The molecule has 212 valence electrons. The van der Waals surface area contributed by atoms with Crippen molar-refractivity contribution in [1.82, 2.24) is 29.4 Å². The summed E-state index contributed by atoms with van der Waals surface area (Å²) in [7, 11) is 0. The molecule has 2 aliphatic heterocycles. The van der Waals surface area contributed by atoms with Gasteiger partial charge in [-0.15, -0.1) is 5.10 Å². The topological polar surface area (TPSA) is 142 Å². The normalized spacial score (nSPS) is 18.1. The predicted molar refractivity (Wildman–Crippen MR) is 151 cm³/mol. The zero-order chi connectivity index (χ0) is 28.9. The third-order valence-electron chi connectivity index (χ3n) is 7.65. The van der Waals surface area contributed by atoms with Gasteiger partial charge >= 0.3 is 0 Å². The lowest BCUT2D eigenvalue weighted by Crippen LogP contribution is -2.66. The Labute approximate surface area is 241 Å². The van der Waals surface area contributed by atoms with Gasteiger partial charge in [0.1, 0.15) is 6.07 Å². The van der Waals surface area contributed by atoms with E-state index < -0.39 is 11.6 Å². The number of fused-ring (bicyclic) bond motifs is 1. The number of nitrogens with one attached hydrogen (secondary N) is 2. The van der Waals surface area contributed by atoms with Crippen molar-refractivity contribution in [2.24, 2.45) is 0 Å². The van der Waals surface area contributed by atoms with Crippen LogP contribution < -0.4 is 15.5 Å². The SMILES string of the molecule is CC(C)(F)C(=O)N1CC(N2CCN(c3cc(C#N)cc(Nc4nc(NC5CC5)c5ncc(C#N)n5n4)c3Cl)CC2)C1. The predicted octanol–water partition coefficient (Wildman–Crippen LogP) is 2.92. The van der Waals surface area contributed by atoms with E-state index in [1.165, 1.54) is 24.6 Å². The lowest BCUT2D eigenvalue weighted by molar-refractivity contribution is -0.149. The average molecular weight is 578 g/mol. The van der Waals surface area contributed by atoms with Crippen LogP contribution in [-0.4, -0.2) is 92.3 Å². The number of anilines is 4. The Kier molecular flexibility index (Phi) is 6.80. The summed E-state index contributed by atoms with van der Waals surface area (Å²) in [4.78, 5) is 27.1. The number of alkyl halides is 1. The number of benzene rings is 1. The Hall–Kier alpha value is -4.20. The molecule has 3 aliphatic rings. The minimum Gasteiger partial charge on any atom is -0.368 e. The Bertz CT molecular complexity index is 1590. The van der Waals surface area contributed by atoms with E-state index in [0.29, 0.717) is 60.0 Å². The van der Waals surface area contributed by atoms with Crippen LogP contribution in [0.5, 0.6) is 0 Å². The largest absolute Gasteiger partial charge is 0.368 e. The van der Waals surface area contributed by atoms with Gasteiger partial charge in [0.15, 0.2) is 22.8 Å². The molecule has 41 heavy (non-hydrogen) atoms. The number of amides is 1. The Morgan fingerprint density at radius 3 is 2.51 bits per heavy atom. The van der Waals surface area contributed by atoms with Gasteiger partial charge in [-0.3, -0.25) is 9.69 Å². The number of carbonyl (C=O) groups excluding carboxylic acids is 1. The van der Waals surface area contributed by atoms with Crippen molar-refractivity contribution >= 4 is 46.3 Å². The van der Waals surface area contributed by atoms with Gasteiger partial charge in [0.2, 0.25) is 5.95 Å². The van der Waals surface area contributed by atoms with E-state index in [9.17, 15) is 19.7 Å². The van der Waals surface area contributed by atoms with Crippen molar-refractivity contribution < 1.29 is 9.18 Å². The fourth-order valence-corrected chi connectivity index (χ4v) is 5.48. The number of imidazole rings is 1. The number of aromatic nitrogens is 4. The maximum absolute atomic E-state index is 14.0. The maximum Gasteiger partial charge on any atom is 0.259 e. The molecule has 0 bridgehead atoms. The number of nitriles is 2. The Morgan fingerprint density at radius 1 is 1.15 bits per heavy atom. The first-order valence-electron chi connectivity index (χ1n) is 13.5. The smallest absolute Gasteiger partial charge is 0.259 e. The van der Waals surface area contributed by atoms with Crippen LogP contribution >= 0.6 is 11.6 Å². The molecule has 6 rings (SSSR count). The number of halogens is 2. The first-order chi connectivity index (χ1) is 19.6.